The van der Waals surface area contributed by atoms with E-state index in [0.717, 1.165) is 48.5 Å². The molecule has 9 nitrogen and oxygen atoms in total. The Balaban J connectivity index is 1.27. The average molecular weight is 467 g/mol. The van der Waals surface area contributed by atoms with Gasteiger partial charge in [-0.15, -0.1) is 0 Å². The first-order chi connectivity index (χ1) is 16.3. The number of thioether (sulfide) groups is 1. The number of ether oxygens (including phenoxy) is 2. The van der Waals surface area contributed by atoms with Crippen LogP contribution < -0.4 is 9.80 Å². The van der Waals surface area contributed by atoms with Gasteiger partial charge >= 0.3 is 0 Å². The Morgan fingerprint density at radius 1 is 0.697 bits per heavy atom. The summed E-state index contributed by atoms with van der Waals surface area (Å²) in [5.41, 5.74) is 3.17. The lowest BCUT2D eigenvalue weighted by Crippen LogP contribution is -2.37. The second-order valence-corrected chi connectivity index (χ2v) is 8.98. The number of hydrogen-bond acceptors (Lipinski definition) is 10. The van der Waals surface area contributed by atoms with Crippen LogP contribution in [0.2, 0.25) is 0 Å². The molecule has 0 radical (unpaired) electrons. The third kappa shape index (κ3) is 5.40. The summed E-state index contributed by atoms with van der Waals surface area (Å²) in [5, 5.41) is 0. The van der Waals surface area contributed by atoms with Gasteiger partial charge < -0.3 is 19.3 Å². The molecule has 3 aliphatic heterocycles. The Morgan fingerprint density at radius 2 is 1.09 bits per heavy atom. The molecule has 0 saturated carbocycles. The molecule has 2 aromatic heterocycles. The number of rotatable bonds is 4. The first-order valence-electron chi connectivity index (χ1n) is 11.1. The summed E-state index contributed by atoms with van der Waals surface area (Å²) in [7, 11) is 0. The Bertz CT molecular complexity index is 948. The Kier molecular flexibility index (Phi) is 6.94. The van der Waals surface area contributed by atoms with Gasteiger partial charge in [0.15, 0.2) is 5.78 Å². The van der Waals surface area contributed by atoms with Crippen LogP contribution in [-0.2, 0) is 14.3 Å². The number of carbonyl (C=O) groups is 1. The molecule has 172 valence electrons. The molecule has 5 rings (SSSR count). The van der Waals surface area contributed by atoms with Crippen molar-refractivity contribution >= 4 is 41.6 Å². The van der Waals surface area contributed by atoms with Crippen LogP contribution in [-0.4, -0.2) is 89.8 Å². The van der Waals surface area contributed by atoms with Crippen molar-refractivity contribution in [3.63, 3.8) is 0 Å². The molecule has 0 amide bonds. The summed E-state index contributed by atoms with van der Waals surface area (Å²) in [4.78, 5) is 35.2. The largest absolute Gasteiger partial charge is 0.378 e. The Hall–Kier alpha value is -2.82. The summed E-state index contributed by atoms with van der Waals surface area (Å²) in [6.45, 7) is 5.94. The lowest BCUT2D eigenvalue weighted by molar-refractivity contribution is -0.112. The fourth-order valence-electron chi connectivity index (χ4n) is 3.89. The minimum atomic E-state index is 0.0586. The first kappa shape index (κ1) is 22.0. The standard InChI is InChI=1S/C23H26N6O3S/c30-21-19(9-17-11-24-22(25-12-17)28-1-5-31-6-2-28)15-33-16-20(21)10-18-13-26-23(27-14-18)29-3-7-32-8-4-29/h9-14H,1-8,15-16H2/b19-9-,20-10+. The molecule has 0 aromatic carbocycles. The number of ketones is 1. The number of nitrogens with zero attached hydrogens (tertiary/aromatic N) is 6. The third-order valence-corrected chi connectivity index (χ3v) is 6.71. The zero-order valence-corrected chi connectivity index (χ0v) is 19.2. The summed E-state index contributed by atoms with van der Waals surface area (Å²) in [6.07, 6.45) is 10.9. The zero-order valence-electron chi connectivity index (χ0n) is 18.4. The molecule has 0 unspecified atom stereocenters. The van der Waals surface area contributed by atoms with Gasteiger partial charge in [0.1, 0.15) is 0 Å². The fourth-order valence-corrected chi connectivity index (χ4v) is 4.86. The molecular weight excluding hydrogens is 440 g/mol. The van der Waals surface area contributed by atoms with Gasteiger partial charge in [-0.25, -0.2) is 19.9 Å². The second kappa shape index (κ2) is 10.4. The molecule has 0 N–H and O–H groups in total. The van der Waals surface area contributed by atoms with Gasteiger partial charge in [0.2, 0.25) is 11.9 Å². The highest BCUT2D eigenvalue weighted by molar-refractivity contribution is 7.99. The van der Waals surface area contributed by atoms with Crippen molar-refractivity contribution < 1.29 is 14.3 Å². The van der Waals surface area contributed by atoms with Gasteiger partial charge in [-0.05, 0) is 12.2 Å². The quantitative estimate of drug-likeness (QED) is 0.620. The normalized spacial score (nSPS) is 22.2. The Morgan fingerprint density at radius 3 is 1.48 bits per heavy atom. The predicted molar refractivity (Wildman–Crippen MR) is 128 cm³/mol. The van der Waals surface area contributed by atoms with Crippen LogP contribution >= 0.6 is 11.8 Å². The van der Waals surface area contributed by atoms with Gasteiger partial charge in [-0.1, -0.05) is 0 Å². The number of aromatic nitrogens is 4. The maximum absolute atomic E-state index is 13.1. The van der Waals surface area contributed by atoms with Crippen LogP contribution in [0.15, 0.2) is 35.9 Å². The molecule has 3 saturated heterocycles. The highest BCUT2D eigenvalue weighted by Crippen LogP contribution is 2.27. The van der Waals surface area contributed by atoms with Crippen LogP contribution in [0.25, 0.3) is 12.2 Å². The summed E-state index contributed by atoms with van der Waals surface area (Å²) >= 11 is 1.72. The van der Waals surface area contributed by atoms with Crippen molar-refractivity contribution in [2.75, 3.05) is 73.9 Å². The lowest BCUT2D eigenvalue weighted by atomic mass is 10.0. The molecule has 0 spiro atoms. The van der Waals surface area contributed by atoms with Crippen molar-refractivity contribution in [2.45, 2.75) is 0 Å². The molecular formula is C23H26N6O3S. The van der Waals surface area contributed by atoms with Crippen LogP contribution in [0, 0.1) is 0 Å². The van der Waals surface area contributed by atoms with Crippen molar-refractivity contribution in [2.24, 2.45) is 0 Å². The molecule has 10 heteroatoms. The molecule has 0 atom stereocenters. The SMILES string of the molecule is O=C1/C(=C/c2cnc(N3CCOCC3)nc2)CSC/C1=C/c1cnc(N2CCOCC2)nc1. The minimum Gasteiger partial charge on any atom is -0.378 e. The van der Waals surface area contributed by atoms with E-state index in [-0.39, 0.29) is 5.78 Å². The first-order valence-corrected chi connectivity index (χ1v) is 12.2. The number of Topliss-reactive ketones (excluding diaryl/α,β-unsaturated/α-hetero) is 1. The van der Waals surface area contributed by atoms with E-state index < -0.39 is 0 Å². The van der Waals surface area contributed by atoms with E-state index in [4.69, 9.17) is 9.47 Å². The predicted octanol–water partition coefficient (Wildman–Crippen LogP) is 1.72. The number of carbonyl (C=O) groups excluding carboxylic acids is 1. The summed E-state index contributed by atoms with van der Waals surface area (Å²) < 4.78 is 10.8. The molecule has 33 heavy (non-hydrogen) atoms. The molecule has 0 aliphatic carbocycles. The van der Waals surface area contributed by atoms with E-state index in [1.807, 2.05) is 12.2 Å². The Labute approximate surface area is 196 Å². The lowest BCUT2D eigenvalue weighted by Gasteiger charge is -2.26. The van der Waals surface area contributed by atoms with E-state index in [0.29, 0.717) is 49.8 Å². The van der Waals surface area contributed by atoms with Gasteiger partial charge in [0.05, 0.1) is 26.4 Å². The van der Waals surface area contributed by atoms with Gasteiger partial charge in [-0.2, -0.15) is 11.8 Å². The second-order valence-electron chi connectivity index (χ2n) is 7.99. The van der Waals surface area contributed by atoms with Crippen LogP contribution in [0.5, 0.6) is 0 Å². The van der Waals surface area contributed by atoms with E-state index >= 15 is 0 Å². The molecule has 3 fully saturated rings. The monoisotopic (exact) mass is 466 g/mol. The van der Waals surface area contributed by atoms with E-state index in [1.54, 1.807) is 36.5 Å². The van der Waals surface area contributed by atoms with E-state index in [9.17, 15) is 4.79 Å². The highest BCUT2D eigenvalue weighted by Gasteiger charge is 2.22. The van der Waals surface area contributed by atoms with E-state index in [2.05, 4.69) is 29.7 Å². The smallest absolute Gasteiger partial charge is 0.225 e. The molecule has 3 aliphatic rings. The maximum Gasteiger partial charge on any atom is 0.225 e. The molecule has 2 aromatic rings. The molecule has 5 heterocycles. The topological polar surface area (TPSA) is 93.6 Å². The van der Waals surface area contributed by atoms with Gasteiger partial charge in [-0.3, -0.25) is 4.79 Å². The average Bonchev–Trinajstić information content (AvgIpc) is 2.88. The van der Waals surface area contributed by atoms with Gasteiger partial charge in [0.25, 0.3) is 0 Å². The molecule has 0 bridgehead atoms. The van der Waals surface area contributed by atoms with Crippen LogP contribution in [0.4, 0.5) is 11.9 Å². The third-order valence-electron chi connectivity index (χ3n) is 5.68. The summed E-state index contributed by atoms with van der Waals surface area (Å²) in [5.74, 6) is 2.81. The maximum atomic E-state index is 13.1. The van der Waals surface area contributed by atoms with Crippen molar-refractivity contribution in [3.05, 3.63) is 47.1 Å². The highest BCUT2D eigenvalue weighted by atomic mass is 32.2. The zero-order chi connectivity index (χ0) is 22.5. The van der Waals surface area contributed by atoms with Crippen molar-refractivity contribution in [1.82, 2.24) is 19.9 Å². The van der Waals surface area contributed by atoms with Gasteiger partial charge in [0, 0.05) is 84.7 Å². The van der Waals surface area contributed by atoms with Crippen molar-refractivity contribution in [1.29, 1.82) is 0 Å². The van der Waals surface area contributed by atoms with Crippen LogP contribution in [0.1, 0.15) is 11.1 Å². The summed E-state index contributed by atoms with van der Waals surface area (Å²) in [6, 6.07) is 0. The minimum absolute atomic E-state index is 0.0586. The van der Waals surface area contributed by atoms with Crippen LogP contribution in [0.3, 0.4) is 0 Å². The fraction of sp³-hybridized carbons (Fsp3) is 0.435. The van der Waals surface area contributed by atoms with Crippen molar-refractivity contribution in [3.8, 4) is 0 Å². The number of hydrogen-bond donors (Lipinski definition) is 0. The van der Waals surface area contributed by atoms with E-state index in [1.165, 1.54) is 0 Å². The number of morpholine rings is 2. The number of anilines is 2.